The molecule has 2 aromatic heterocycles. The van der Waals surface area contributed by atoms with Gasteiger partial charge in [0.25, 0.3) is 5.91 Å². The molecule has 2 N–H and O–H groups in total. The standard InChI is InChI=1S/C15H15N3O5S/c1-23-15(22)12-8-3-2-4-10(8)24-14(12)17-13(21)9-5-6-16-18(9)7-11(19)20/h5-6H,2-4,7H2,1H3,(H,17,21)(H,19,20). The predicted octanol–water partition coefficient (Wildman–Crippen LogP) is 1.56. The summed E-state index contributed by atoms with van der Waals surface area (Å²) in [4.78, 5) is 36.4. The van der Waals surface area contributed by atoms with Crippen LogP contribution in [0.15, 0.2) is 12.3 Å². The molecule has 0 spiro atoms. The van der Waals surface area contributed by atoms with E-state index >= 15 is 0 Å². The van der Waals surface area contributed by atoms with Gasteiger partial charge >= 0.3 is 11.9 Å². The van der Waals surface area contributed by atoms with Crippen LogP contribution in [0.4, 0.5) is 5.00 Å². The predicted molar refractivity (Wildman–Crippen MR) is 85.5 cm³/mol. The molecule has 9 heteroatoms. The number of carboxylic acid groups (broad SMARTS) is 1. The quantitative estimate of drug-likeness (QED) is 0.793. The van der Waals surface area contributed by atoms with Gasteiger partial charge in [-0.15, -0.1) is 11.3 Å². The molecule has 2 aromatic rings. The summed E-state index contributed by atoms with van der Waals surface area (Å²) in [6.45, 7) is -0.416. The maximum Gasteiger partial charge on any atom is 0.341 e. The van der Waals surface area contributed by atoms with Gasteiger partial charge in [-0.3, -0.25) is 9.59 Å². The van der Waals surface area contributed by atoms with Crippen LogP contribution in [-0.2, 0) is 28.9 Å². The number of hydrogen-bond donors (Lipinski definition) is 2. The number of anilines is 1. The lowest BCUT2D eigenvalue weighted by Gasteiger charge is -2.08. The van der Waals surface area contributed by atoms with Gasteiger partial charge in [-0.2, -0.15) is 5.10 Å². The molecule has 0 fully saturated rings. The summed E-state index contributed by atoms with van der Waals surface area (Å²) in [5.74, 6) is -2.10. The first-order valence-electron chi connectivity index (χ1n) is 7.29. The molecule has 0 unspecified atom stereocenters. The van der Waals surface area contributed by atoms with E-state index in [1.165, 1.54) is 30.7 Å². The SMILES string of the molecule is COC(=O)c1c(NC(=O)c2ccnn2CC(=O)O)sc2c1CCC2. The molecule has 2 heterocycles. The average molecular weight is 349 g/mol. The number of fused-ring (bicyclic) bond motifs is 1. The summed E-state index contributed by atoms with van der Waals surface area (Å²) >= 11 is 1.36. The molecule has 0 atom stereocenters. The number of aromatic nitrogens is 2. The Morgan fingerprint density at radius 3 is 2.92 bits per heavy atom. The Morgan fingerprint density at radius 1 is 1.42 bits per heavy atom. The number of nitrogens with one attached hydrogen (secondary N) is 1. The van der Waals surface area contributed by atoms with Gasteiger partial charge < -0.3 is 15.2 Å². The maximum atomic E-state index is 12.5. The largest absolute Gasteiger partial charge is 0.480 e. The van der Waals surface area contributed by atoms with Crippen LogP contribution in [0.25, 0.3) is 0 Å². The molecule has 0 saturated carbocycles. The molecule has 0 aromatic carbocycles. The van der Waals surface area contributed by atoms with E-state index in [1.54, 1.807) is 0 Å². The minimum Gasteiger partial charge on any atom is -0.480 e. The Hall–Kier alpha value is -2.68. The average Bonchev–Trinajstić information content (AvgIpc) is 3.21. The molecule has 24 heavy (non-hydrogen) atoms. The fourth-order valence-electron chi connectivity index (χ4n) is 2.76. The van der Waals surface area contributed by atoms with Gasteiger partial charge in [0.2, 0.25) is 0 Å². The number of amides is 1. The summed E-state index contributed by atoms with van der Waals surface area (Å²) in [5, 5.41) is 15.8. The third kappa shape index (κ3) is 2.90. The Balaban J connectivity index is 1.89. The lowest BCUT2D eigenvalue weighted by atomic mass is 10.1. The van der Waals surface area contributed by atoms with E-state index in [9.17, 15) is 14.4 Å². The van der Waals surface area contributed by atoms with E-state index in [1.807, 2.05) is 0 Å². The Labute approximate surface area is 141 Å². The lowest BCUT2D eigenvalue weighted by Crippen LogP contribution is -2.21. The van der Waals surface area contributed by atoms with Crippen molar-refractivity contribution >= 4 is 34.2 Å². The first kappa shape index (κ1) is 16.2. The van der Waals surface area contributed by atoms with Gasteiger partial charge in [0, 0.05) is 11.1 Å². The normalized spacial score (nSPS) is 12.7. The Bertz CT molecular complexity index is 823. The molecular formula is C15H15N3O5S. The number of carbonyl (C=O) groups is 3. The summed E-state index contributed by atoms with van der Waals surface area (Å²) in [5.41, 5.74) is 1.44. The highest BCUT2D eigenvalue weighted by molar-refractivity contribution is 7.17. The first-order chi connectivity index (χ1) is 11.5. The van der Waals surface area contributed by atoms with E-state index in [0.29, 0.717) is 10.6 Å². The number of aryl methyl sites for hydroxylation is 1. The number of esters is 1. The van der Waals surface area contributed by atoms with Crippen LogP contribution in [0.3, 0.4) is 0 Å². The third-order valence-electron chi connectivity index (χ3n) is 3.77. The van der Waals surface area contributed by atoms with Crippen LogP contribution in [0.5, 0.6) is 0 Å². The fraction of sp³-hybridized carbons (Fsp3) is 0.333. The van der Waals surface area contributed by atoms with Gasteiger partial charge in [0.05, 0.1) is 12.7 Å². The van der Waals surface area contributed by atoms with Crippen LogP contribution in [-0.4, -0.2) is 39.8 Å². The molecule has 1 amide bonds. The van der Waals surface area contributed by atoms with Crippen molar-refractivity contribution < 1.29 is 24.2 Å². The van der Waals surface area contributed by atoms with Crippen molar-refractivity contribution in [1.82, 2.24) is 9.78 Å². The molecule has 3 rings (SSSR count). The molecule has 1 aliphatic carbocycles. The van der Waals surface area contributed by atoms with Crippen molar-refractivity contribution in [1.29, 1.82) is 0 Å². The van der Waals surface area contributed by atoms with E-state index in [-0.39, 0.29) is 5.69 Å². The summed E-state index contributed by atoms with van der Waals surface area (Å²) in [6, 6.07) is 1.43. The van der Waals surface area contributed by atoms with E-state index in [2.05, 4.69) is 10.4 Å². The van der Waals surface area contributed by atoms with Crippen LogP contribution in [0, 0.1) is 0 Å². The minimum atomic E-state index is -1.10. The maximum absolute atomic E-state index is 12.5. The number of methoxy groups -OCH3 is 1. The number of ether oxygens (including phenoxy) is 1. The third-order valence-corrected chi connectivity index (χ3v) is 4.98. The molecule has 1 aliphatic rings. The van der Waals surface area contributed by atoms with E-state index in [4.69, 9.17) is 9.84 Å². The van der Waals surface area contributed by atoms with Crippen molar-refractivity contribution in [3.05, 3.63) is 34.0 Å². The highest BCUT2D eigenvalue weighted by atomic mass is 32.1. The molecule has 0 radical (unpaired) electrons. The molecule has 126 valence electrons. The first-order valence-corrected chi connectivity index (χ1v) is 8.10. The van der Waals surface area contributed by atoms with Crippen LogP contribution in [0.1, 0.15) is 37.7 Å². The van der Waals surface area contributed by atoms with Gasteiger partial charge in [-0.25, -0.2) is 9.48 Å². The Morgan fingerprint density at radius 2 is 2.21 bits per heavy atom. The smallest absolute Gasteiger partial charge is 0.341 e. The zero-order chi connectivity index (χ0) is 17.3. The second-order valence-corrected chi connectivity index (χ2v) is 6.38. The van der Waals surface area contributed by atoms with Crippen LogP contribution < -0.4 is 5.32 Å². The summed E-state index contributed by atoms with van der Waals surface area (Å²) in [7, 11) is 1.30. The van der Waals surface area contributed by atoms with Crippen LogP contribution >= 0.6 is 11.3 Å². The number of carbonyl (C=O) groups excluding carboxylic acids is 2. The topological polar surface area (TPSA) is 111 Å². The van der Waals surface area contributed by atoms with Gasteiger partial charge in [0.1, 0.15) is 17.2 Å². The number of aliphatic carboxylic acids is 1. The molecule has 0 aliphatic heterocycles. The Kier molecular flexibility index (Phi) is 4.34. The van der Waals surface area contributed by atoms with Gasteiger partial charge in [0.15, 0.2) is 0 Å². The monoisotopic (exact) mass is 349 g/mol. The number of nitrogens with zero attached hydrogens (tertiary/aromatic N) is 2. The lowest BCUT2D eigenvalue weighted by molar-refractivity contribution is -0.137. The minimum absolute atomic E-state index is 0.113. The zero-order valence-corrected chi connectivity index (χ0v) is 13.7. The van der Waals surface area contributed by atoms with Crippen molar-refractivity contribution in [2.24, 2.45) is 0 Å². The van der Waals surface area contributed by atoms with Gasteiger partial charge in [-0.1, -0.05) is 0 Å². The number of thiophene rings is 1. The number of carboxylic acids is 1. The van der Waals surface area contributed by atoms with E-state index in [0.717, 1.165) is 34.4 Å². The van der Waals surface area contributed by atoms with Crippen LogP contribution in [0.2, 0.25) is 0 Å². The van der Waals surface area contributed by atoms with E-state index < -0.39 is 24.4 Å². The number of rotatable bonds is 5. The fourth-order valence-corrected chi connectivity index (χ4v) is 4.03. The number of hydrogen-bond acceptors (Lipinski definition) is 6. The van der Waals surface area contributed by atoms with Crippen molar-refractivity contribution in [3.63, 3.8) is 0 Å². The molecule has 8 nitrogen and oxygen atoms in total. The van der Waals surface area contributed by atoms with Crippen molar-refractivity contribution in [3.8, 4) is 0 Å². The summed E-state index contributed by atoms with van der Waals surface area (Å²) in [6.07, 6.45) is 3.98. The van der Waals surface area contributed by atoms with Crippen molar-refractivity contribution in [2.75, 3.05) is 12.4 Å². The highest BCUT2D eigenvalue weighted by Gasteiger charge is 2.28. The zero-order valence-electron chi connectivity index (χ0n) is 12.9. The highest BCUT2D eigenvalue weighted by Crippen LogP contribution is 2.39. The van der Waals surface area contributed by atoms with Crippen molar-refractivity contribution in [2.45, 2.75) is 25.8 Å². The second kappa shape index (κ2) is 6.44. The molecular weight excluding hydrogens is 334 g/mol. The molecule has 0 saturated heterocycles. The second-order valence-electron chi connectivity index (χ2n) is 5.28. The molecule has 0 bridgehead atoms. The summed E-state index contributed by atoms with van der Waals surface area (Å²) < 4.78 is 5.92. The van der Waals surface area contributed by atoms with Gasteiger partial charge in [-0.05, 0) is 30.9 Å².